The molecule has 3 heteroatoms. The second-order valence-corrected chi connectivity index (χ2v) is 5.47. The number of rotatable bonds is 2. The van der Waals surface area contributed by atoms with Crippen LogP contribution in [0.2, 0.25) is 0 Å². The summed E-state index contributed by atoms with van der Waals surface area (Å²) in [6.45, 7) is 5.80. The van der Waals surface area contributed by atoms with Crippen LogP contribution in [-0.2, 0) is 4.74 Å². The Morgan fingerprint density at radius 2 is 2.18 bits per heavy atom. The van der Waals surface area contributed by atoms with Gasteiger partial charge in [-0.3, -0.25) is 4.99 Å². The van der Waals surface area contributed by atoms with Crippen molar-refractivity contribution in [3.63, 3.8) is 0 Å². The monoisotopic (exact) mass is 249 g/mol. The van der Waals surface area contributed by atoms with E-state index in [2.05, 4.69) is 12.3 Å². The highest BCUT2D eigenvalue weighted by atomic mass is 32.2. The summed E-state index contributed by atoms with van der Waals surface area (Å²) in [7, 11) is 1.70. The number of ether oxygens (including phenoxy) is 1. The van der Waals surface area contributed by atoms with Crippen LogP contribution in [0, 0.1) is 0 Å². The van der Waals surface area contributed by atoms with E-state index in [-0.39, 0.29) is 5.54 Å². The zero-order valence-corrected chi connectivity index (χ0v) is 11.4. The van der Waals surface area contributed by atoms with E-state index >= 15 is 0 Å². The molecule has 0 radical (unpaired) electrons. The van der Waals surface area contributed by atoms with Gasteiger partial charge in [-0.2, -0.15) is 0 Å². The molecule has 2 aliphatic rings. The van der Waals surface area contributed by atoms with Crippen molar-refractivity contribution in [3.8, 4) is 0 Å². The van der Waals surface area contributed by atoms with E-state index in [4.69, 9.17) is 9.73 Å². The lowest BCUT2D eigenvalue weighted by molar-refractivity contribution is 0.313. The molecule has 0 N–H and O–H groups in total. The Hall–Kier alpha value is -0.920. The molecule has 1 heterocycles. The highest BCUT2D eigenvalue weighted by molar-refractivity contribution is 8.18. The Balaban J connectivity index is 2.34. The Bertz CT molecular complexity index is 410. The van der Waals surface area contributed by atoms with Crippen molar-refractivity contribution in [1.82, 2.24) is 0 Å². The Labute approximate surface area is 108 Å². The van der Waals surface area contributed by atoms with Gasteiger partial charge in [-0.1, -0.05) is 37.6 Å². The highest BCUT2D eigenvalue weighted by Gasteiger charge is 2.42. The molecule has 0 amide bonds. The number of nitrogens with zero attached hydrogens (tertiary/aromatic N) is 1. The molecule has 1 spiro atoms. The van der Waals surface area contributed by atoms with Crippen LogP contribution in [0.15, 0.2) is 34.0 Å². The Kier molecular flexibility index (Phi) is 3.80. The predicted molar refractivity (Wildman–Crippen MR) is 74.3 cm³/mol. The van der Waals surface area contributed by atoms with Crippen molar-refractivity contribution < 1.29 is 4.74 Å². The number of aliphatic imine (C=N–C) groups is 1. The van der Waals surface area contributed by atoms with Crippen LogP contribution < -0.4 is 0 Å². The van der Waals surface area contributed by atoms with E-state index < -0.39 is 0 Å². The van der Waals surface area contributed by atoms with E-state index in [1.165, 1.54) is 24.2 Å². The molecule has 1 fully saturated rings. The number of hydrogen-bond acceptors (Lipinski definition) is 3. The average Bonchev–Trinajstić information content (AvgIpc) is 2.70. The number of hydrogen-bond donors (Lipinski definition) is 0. The zero-order valence-electron chi connectivity index (χ0n) is 10.6. The quantitative estimate of drug-likeness (QED) is 0.544. The van der Waals surface area contributed by atoms with Gasteiger partial charge in [-0.25, -0.2) is 0 Å². The van der Waals surface area contributed by atoms with Gasteiger partial charge in [0, 0.05) is 0 Å². The fraction of sp³-hybridized carbons (Fsp3) is 0.571. The topological polar surface area (TPSA) is 21.6 Å². The summed E-state index contributed by atoms with van der Waals surface area (Å²) in [4.78, 5) is 6.10. The van der Waals surface area contributed by atoms with Crippen LogP contribution in [0.25, 0.3) is 0 Å². The molecule has 0 saturated heterocycles. The van der Waals surface area contributed by atoms with Gasteiger partial charge in [-0.05, 0) is 25.8 Å². The molecule has 1 aliphatic heterocycles. The molecular weight excluding hydrogens is 230 g/mol. The number of methoxy groups -OCH3 is 1. The molecule has 1 saturated carbocycles. The van der Waals surface area contributed by atoms with E-state index in [1.807, 2.05) is 13.0 Å². The normalized spacial score (nSPS) is 23.5. The maximum atomic E-state index is 5.36. The van der Waals surface area contributed by atoms with Crippen molar-refractivity contribution in [3.05, 3.63) is 29.1 Å². The Morgan fingerprint density at radius 1 is 1.47 bits per heavy atom. The van der Waals surface area contributed by atoms with Crippen molar-refractivity contribution in [2.75, 3.05) is 7.11 Å². The van der Waals surface area contributed by atoms with Crippen LogP contribution in [0.4, 0.5) is 0 Å². The van der Waals surface area contributed by atoms with Gasteiger partial charge in [-0.15, -0.1) is 5.73 Å². The molecule has 2 nitrogen and oxygen atoms in total. The molecule has 1 aliphatic carbocycles. The van der Waals surface area contributed by atoms with Gasteiger partial charge in [0.1, 0.15) is 16.3 Å². The molecule has 0 aromatic rings. The summed E-state index contributed by atoms with van der Waals surface area (Å²) in [6, 6.07) is 0. The van der Waals surface area contributed by atoms with Crippen LogP contribution in [0.1, 0.15) is 39.0 Å². The summed E-state index contributed by atoms with van der Waals surface area (Å²) in [5.74, 6) is 0.866. The van der Waals surface area contributed by atoms with Crippen LogP contribution in [0.3, 0.4) is 0 Å². The Morgan fingerprint density at radius 3 is 2.71 bits per heavy atom. The summed E-state index contributed by atoms with van der Waals surface area (Å²) in [5.41, 5.74) is 3.05. The lowest BCUT2D eigenvalue weighted by atomic mass is 9.82. The summed E-state index contributed by atoms with van der Waals surface area (Å²) in [5, 5.41) is 0.989. The third kappa shape index (κ3) is 2.22. The van der Waals surface area contributed by atoms with Crippen LogP contribution >= 0.6 is 11.8 Å². The molecular formula is C14H19NOS. The maximum Gasteiger partial charge on any atom is 0.146 e. The van der Waals surface area contributed by atoms with Gasteiger partial charge in [0.05, 0.1) is 12.0 Å². The summed E-state index contributed by atoms with van der Waals surface area (Å²) in [6.07, 6.45) is 8.04. The van der Waals surface area contributed by atoms with E-state index in [1.54, 1.807) is 18.9 Å². The van der Waals surface area contributed by atoms with Crippen LogP contribution in [-0.4, -0.2) is 17.7 Å². The van der Waals surface area contributed by atoms with Crippen molar-refractivity contribution in [2.45, 2.75) is 44.6 Å². The molecule has 0 aromatic carbocycles. The van der Waals surface area contributed by atoms with Gasteiger partial charge in [0.25, 0.3) is 0 Å². The number of allylic oxidation sites excluding steroid dienone is 1. The second kappa shape index (κ2) is 5.16. The van der Waals surface area contributed by atoms with Crippen molar-refractivity contribution >= 4 is 16.8 Å². The van der Waals surface area contributed by atoms with Gasteiger partial charge >= 0.3 is 0 Å². The van der Waals surface area contributed by atoms with E-state index in [0.717, 1.165) is 23.6 Å². The second-order valence-electron chi connectivity index (χ2n) is 4.47. The average molecular weight is 249 g/mol. The summed E-state index contributed by atoms with van der Waals surface area (Å²) < 4.78 is 5.36. The minimum atomic E-state index is -0.0349. The molecule has 0 aromatic heterocycles. The van der Waals surface area contributed by atoms with E-state index in [0.29, 0.717) is 0 Å². The minimum absolute atomic E-state index is 0.0349. The van der Waals surface area contributed by atoms with Gasteiger partial charge in [0.15, 0.2) is 0 Å². The summed E-state index contributed by atoms with van der Waals surface area (Å²) >= 11 is 1.67. The lowest BCUT2D eigenvalue weighted by Crippen LogP contribution is -2.28. The third-order valence-electron chi connectivity index (χ3n) is 3.47. The predicted octanol–water partition coefficient (Wildman–Crippen LogP) is 4.05. The molecule has 92 valence electrons. The largest absolute Gasteiger partial charge is 0.494 e. The minimum Gasteiger partial charge on any atom is -0.494 e. The first kappa shape index (κ1) is 12.5. The standard InChI is InChI=1S/C14H19NOS/c1-4-11(16-3)13-15-14(12(5-2)17-13)9-7-6-8-10-14/h4H,2,6-10H2,1,3H3/b11-4-. The van der Waals surface area contributed by atoms with Gasteiger partial charge in [0.2, 0.25) is 0 Å². The first-order chi connectivity index (χ1) is 8.25. The van der Waals surface area contributed by atoms with E-state index in [9.17, 15) is 0 Å². The molecule has 0 atom stereocenters. The molecule has 2 rings (SSSR count). The van der Waals surface area contributed by atoms with Crippen LogP contribution in [0.5, 0.6) is 0 Å². The zero-order chi connectivity index (χ0) is 12.3. The SMILES string of the molecule is C=C=C1SC(/C(=C/C)OC)=NC12CCCCC2. The molecule has 0 unspecified atom stereocenters. The fourth-order valence-corrected chi connectivity index (χ4v) is 3.80. The lowest BCUT2D eigenvalue weighted by Gasteiger charge is -2.30. The first-order valence-electron chi connectivity index (χ1n) is 6.14. The third-order valence-corrected chi connectivity index (χ3v) is 4.69. The fourth-order valence-electron chi connectivity index (χ4n) is 2.57. The number of thioether (sulfide) groups is 1. The smallest absolute Gasteiger partial charge is 0.146 e. The van der Waals surface area contributed by atoms with Gasteiger partial charge < -0.3 is 4.74 Å². The maximum absolute atomic E-state index is 5.36. The highest BCUT2D eigenvalue weighted by Crippen LogP contribution is 2.48. The van der Waals surface area contributed by atoms with Crippen molar-refractivity contribution in [1.29, 1.82) is 0 Å². The molecule has 0 bridgehead atoms. The molecule has 17 heavy (non-hydrogen) atoms. The van der Waals surface area contributed by atoms with Crippen molar-refractivity contribution in [2.24, 2.45) is 4.99 Å². The first-order valence-corrected chi connectivity index (χ1v) is 6.96.